The van der Waals surface area contributed by atoms with Crippen molar-refractivity contribution in [2.45, 2.75) is 6.92 Å². The highest BCUT2D eigenvalue weighted by Crippen LogP contribution is 2.12. The van der Waals surface area contributed by atoms with Crippen LogP contribution >= 0.6 is 15.9 Å². The summed E-state index contributed by atoms with van der Waals surface area (Å²) in [7, 11) is 1.26. The number of aryl methyl sites for hydroxylation is 1. The van der Waals surface area contributed by atoms with Crippen molar-refractivity contribution in [2.24, 2.45) is 0 Å². The maximum absolute atomic E-state index is 12.0. The first-order chi connectivity index (χ1) is 9.02. The third-order valence-corrected chi connectivity index (χ3v) is 2.85. The van der Waals surface area contributed by atoms with Crippen molar-refractivity contribution in [2.75, 3.05) is 7.11 Å². The number of rotatable bonds is 2. The Hall–Kier alpha value is -2.02. The van der Waals surface area contributed by atoms with Gasteiger partial charge < -0.3 is 4.74 Å². The predicted molar refractivity (Wildman–Crippen MR) is 71.4 cm³/mol. The Morgan fingerprint density at radius 2 is 2.11 bits per heavy atom. The molecule has 2 aromatic rings. The molecule has 0 bridgehead atoms. The Balaban J connectivity index is 2.66. The van der Waals surface area contributed by atoms with E-state index in [0.717, 1.165) is 4.68 Å². The van der Waals surface area contributed by atoms with Crippen molar-refractivity contribution >= 4 is 21.9 Å². The lowest BCUT2D eigenvalue weighted by molar-refractivity contribution is 0.0591. The van der Waals surface area contributed by atoms with Crippen molar-refractivity contribution in [3.05, 3.63) is 50.6 Å². The second kappa shape index (κ2) is 5.31. The molecule has 0 atom stereocenters. The summed E-state index contributed by atoms with van der Waals surface area (Å²) >= 11 is 3.27. The summed E-state index contributed by atoms with van der Waals surface area (Å²) in [5.41, 5.74) is 0.621. The summed E-state index contributed by atoms with van der Waals surface area (Å²) < 4.78 is 6.44. The number of nitrogens with zero attached hydrogens (tertiary/aromatic N) is 3. The third kappa shape index (κ3) is 2.70. The van der Waals surface area contributed by atoms with E-state index >= 15 is 0 Å². The molecule has 98 valence electrons. The fraction of sp³-hybridized carbons (Fsp3) is 0.167. The van der Waals surface area contributed by atoms with E-state index in [-0.39, 0.29) is 11.3 Å². The van der Waals surface area contributed by atoms with Gasteiger partial charge in [-0.05, 0) is 35.0 Å². The number of carbonyl (C=O) groups excluding carboxylic acids is 1. The van der Waals surface area contributed by atoms with E-state index in [0.29, 0.717) is 15.7 Å². The molecule has 6 nitrogen and oxygen atoms in total. The van der Waals surface area contributed by atoms with Crippen LogP contribution in [0.15, 0.2) is 33.8 Å². The lowest BCUT2D eigenvalue weighted by atomic mass is 10.2. The first-order valence-electron chi connectivity index (χ1n) is 5.33. The van der Waals surface area contributed by atoms with Gasteiger partial charge in [-0.25, -0.2) is 4.79 Å². The van der Waals surface area contributed by atoms with Crippen LogP contribution in [0.5, 0.6) is 0 Å². The average Bonchev–Trinajstić information content (AvgIpc) is 2.40. The molecule has 2 heterocycles. The van der Waals surface area contributed by atoms with E-state index in [1.807, 2.05) is 0 Å². The molecule has 2 aromatic heterocycles. The number of esters is 1. The molecule has 0 saturated carbocycles. The number of hydrogen-bond donors (Lipinski definition) is 0. The molecule has 19 heavy (non-hydrogen) atoms. The topological polar surface area (TPSA) is 74.1 Å². The third-order valence-electron chi connectivity index (χ3n) is 2.42. The van der Waals surface area contributed by atoms with Crippen LogP contribution in [0.2, 0.25) is 0 Å². The van der Waals surface area contributed by atoms with E-state index in [2.05, 4.69) is 30.7 Å². The quantitative estimate of drug-likeness (QED) is 0.783. The Labute approximate surface area is 117 Å². The minimum atomic E-state index is -0.597. The van der Waals surface area contributed by atoms with Gasteiger partial charge in [0.1, 0.15) is 0 Å². The zero-order chi connectivity index (χ0) is 14.0. The van der Waals surface area contributed by atoms with Gasteiger partial charge >= 0.3 is 5.97 Å². The molecule has 0 saturated heterocycles. The average molecular weight is 324 g/mol. The van der Waals surface area contributed by atoms with Crippen molar-refractivity contribution in [1.82, 2.24) is 14.8 Å². The number of ether oxygens (including phenoxy) is 1. The number of halogens is 1. The van der Waals surface area contributed by atoms with E-state index < -0.39 is 5.97 Å². The maximum Gasteiger partial charge on any atom is 0.358 e. The molecule has 0 aromatic carbocycles. The SMILES string of the molecule is COC(=O)c1cc(C)c(=O)n(-c2cncc(Br)c2)n1. The van der Waals surface area contributed by atoms with Crippen LogP contribution in [-0.4, -0.2) is 27.8 Å². The Kier molecular flexibility index (Phi) is 3.75. The fourth-order valence-electron chi connectivity index (χ4n) is 1.51. The smallest absolute Gasteiger partial charge is 0.358 e. The summed E-state index contributed by atoms with van der Waals surface area (Å²) in [6, 6.07) is 3.08. The van der Waals surface area contributed by atoms with Crippen LogP contribution in [-0.2, 0) is 4.74 Å². The van der Waals surface area contributed by atoms with Gasteiger partial charge in [-0.2, -0.15) is 9.78 Å². The number of carbonyl (C=O) groups is 1. The van der Waals surface area contributed by atoms with Gasteiger partial charge in [-0.3, -0.25) is 9.78 Å². The molecule has 0 fully saturated rings. The number of pyridine rings is 1. The Bertz CT molecular complexity index is 697. The maximum atomic E-state index is 12.0. The number of hydrogen-bond acceptors (Lipinski definition) is 5. The molecular weight excluding hydrogens is 314 g/mol. The highest BCUT2D eigenvalue weighted by atomic mass is 79.9. The zero-order valence-electron chi connectivity index (χ0n) is 10.3. The Morgan fingerprint density at radius 1 is 1.37 bits per heavy atom. The molecule has 0 spiro atoms. The summed E-state index contributed by atoms with van der Waals surface area (Å²) in [5.74, 6) is -0.597. The van der Waals surface area contributed by atoms with Gasteiger partial charge in [-0.15, -0.1) is 0 Å². The molecule has 0 radical (unpaired) electrons. The zero-order valence-corrected chi connectivity index (χ0v) is 11.8. The summed E-state index contributed by atoms with van der Waals surface area (Å²) in [5, 5.41) is 3.98. The standard InChI is InChI=1S/C12H10BrN3O3/c1-7-3-10(12(18)19-2)15-16(11(7)17)9-4-8(13)5-14-6-9/h3-6H,1-2H3. The summed E-state index contributed by atoms with van der Waals surface area (Å²) in [6.07, 6.45) is 3.07. The highest BCUT2D eigenvalue weighted by Gasteiger charge is 2.13. The molecule has 7 heteroatoms. The van der Waals surface area contributed by atoms with Gasteiger partial charge in [0.15, 0.2) is 5.69 Å². The lowest BCUT2D eigenvalue weighted by Gasteiger charge is -2.07. The highest BCUT2D eigenvalue weighted by molar-refractivity contribution is 9.10. The van der Waals surface area contributed by atoms with E-state index in [4.69, 9.17) is 0 Å². The second-order valence-corrected chi connectivity index (χ2v) is 4.70. The fourth-order valence-corrected chi connectivity index (χ4v) is 1.86. The minimum absolute atomic E-state index is 0.0691. The van der Waals surface area contributed by atoms with Crippen molar-refractivity contribution < 1.29 is 9.53 Å². The number of aromatic nitrogens is 3. The molecule has 0 aliphatic heterocycles. The lowest BCUT2D eigenvalue weighted by Crippen LogP contribution is -2.26. The monoisotopic (exact) mass is 323 g/mol. The first-order valence-corrected chi connectivity index (χ1v) is 6.12. The van der Waals surface area contributed by atoms with E-state index in [1.54, 1.807) is 19.2 Å². The largest absolute Gasteiger partial charge is 0.464 e. The normalized spacial score (nSPS) is 10.3. The van der Waals surface area contributed by atoms with Gasteiger partial charge in [0.05, 0.1) is 19.0 Å². The molecule has 0 unspecified atom stereocenters. The van der Waals surface area contributed by atoms with Crippen LogP contribution in [0, 0.1) is 6.92 Å². The molecule has 0 aliphatic carbocycles. The molecule has 0 amide bonds. The predicted octanol–water partition coefficient (Wildman–Crippen LogP) is 1.49. The molecule has 0 aliphatic rings. The molecular formula is C12H10BrN3O3. The van der Waals surface area contributed by atoms with E-state index in [9.17, 15) is 9.59 Å². The molecule has 2 rings (SSSR count). The number of methoxy groups -OCH3 is 1. The van der Waals surface area contributed by atoms with E-state index in [1.165, 1.54) is 19.4 Å². The van der Waals surface area contributed by atoms with Gasteiger partial charge in [0, 0.05) is 16.2 Å². The Morgan fingerprint density at radius 3 is 2.74 bits per heavy atom. The van der Waals surface area contributed by atoms with Crippen molar-refractivity contribution in [3.8, 4) is 5.69 Å². The van der Waals surface area contributed by atoms with Gasteiger partial charge in [0.2, 0.25) is 0 Å². The van der Waals surface area contributed by atoms with Crippen LogP contribution in [0.3, 0.4) is 0 Å². The summed E-state index contributed by atoms with van der Waals surface area (Å²) in [6.45, 7) is 1.61. The van der Waals surface area contributed by atoms with Crippen LogP contribution < -0.4 is 5.56 Å². The van der Waals surface area contributed by atoms with Gasteiger partial charge in [0.25, 0.3) is 5.56 Å². The van der Waals surface area contributed by atoms with Crippen molar-refractivity contribution in [1.29, 1.82) is 0 Å². The van der Waals surface area contributed by atoms with Crippen LogP contribution in [0.4, 0.5) is 0 Å². The van der Waals surface area contributed by atoms with Crippen molar-refractivity contribution in [3.63, 3.8) is 0 Å². The van der Waals surface area contributed by atoms with Crippen LogP contribution in [0.1, 0.15) is 16.1 Å². The minimum Gasteiger partial charge on any atom is -0.464 e. The first kappa shape index (κ1) is 13.4. The molecule has 0 N–H and O–H groups in total. The second-order valence-electron chi connectivity index (χ2n) is 3.78. The van der Waals surface area contributed by atoms with Crippen LogP contribution in [0.25, 0.3) is 5.69 Å². The summed E-state index contributed by atoms with van der Waals surface area (Å²) in [4.78, 5) is 27.5. The van der Waals surface area contributed by atoms with Gasteiger partial charge in [-0.1, -0.05) is 0 Å².